The first-order valence-electron chi connectivity index (χ1n) is 6.49. The Hall–Kier alpha value is -1.32. The van der Waals surface area contributed by atoms with Gasteiger partial charge in [0.1, 0.15) is 12.0 Å². The third-order valence-corrected chi connectivity index (χ3v) is 3.75. The zero-order valence-electron chi connectivity index (χ0n) is 10.5. The second-order valence-electron chi connectivity index (χ2n) is 4.75. The lowest BCUT2D eigenvalue weighted by molar-refractivity contribution is -0.0307. The van der Waals surface area contributed by atoms with Gasteiger partial charge in [-0.2, -0.15) is 0 Å². The quantitative estimate of drug-likeness (QED) is 0.781. The largest absolute Gasteiger partial charge is 0.358 e. The van der Waals surface area contributed by atoms with E-state index >= 15 is 0 Å². The van der Waals surface area contributed by atoms with Crippen LogP contribution in [0.25, 0.3) is 11.3 Å². The van der Waals surface area contributed by atoms with Crippen LogP contribution in [0, 0.1) is 5.82 Å². The molecule has 0 spiro atoms. The first kappa shape index (κ1) is 12.7. The van der Waals surface area contributed by atoms with Crippen molar-refractivity contribution < 1.29 is 9.13 Å². The molecule has 1 aliphatic heterocycles. The molecular weight excluding hydrogens is 265 g/mol. The summed E-state index contributed by atoms with van der Waals surface area (Å²) in [5.74, 6) is -0.391. The number of nitrogens with zero attached hydrogens (tertiary/aromatic N) is 1. The molecule has 1 fully saturated rings. The summed E-state index contributed by atoms with van der Waals surface area (Å²) in [5, 5.41) is 0.148. The van der Waals surface area contributed by atoms with E-state index in [-0.39, 0.29) is 11.3 Å². The maximum Gasteiger partial charge on any atom is 0.141 e. The summed E-state index contributed by atoms with van der Waals surface area (Å²) in [6, 6.07) is 8.78. The van der Waals surface area contributed by atoms with Crippen LogP contribution in [0.5, 0.6) is 0 Å². The van der Waals surface area contributed by atoms with Gasteiger partial charge in [-0.3, -0.25) is 0 Å². The number of hydrogen-bond acceptors (Lipinski definition) is 1. The van der Waals surface area contributed by atoms with Crippen LogP contribution in [0.3, 0.4) is 0 Å². The number of rotatable bonds is 2. The van der Waals surface area contributed by atoms with Crippen molar-refractivity contribution in [3.63, 3.8) is 0 Å². The fraction of sp³-hybridized carbons (Fsp3) is 0.333. The van der Waals surface area contributed by atoms with E-state index in [1.54, 1.807) is 12.1 Å². The van der Waals surface area contributed by atoms with Crippen LogP contribution >= 0.6 is 11.6 Å². The van der Waals surface area contributed by atoms with Gasteiger partial charge in [0, 0.05) is 12.8 Å². The van der Waals surface area contributed by atoms with Crippen LogP contribution in [-0.4, -0.2) is 11.2 Å². The molecule has 2 heterocycles. The molecule has 4 heteroatoms. The van der Waals surface area contributed by atoms with Gasteiger partial charge in [0.2, 0.25) is 0 Å². The first-order chi connectivity index (χ1) is 9.25. The molecule has 0 bridgehead atoms. The summed E-state index contributed by atoms with van der Waals surface area (Å²) < 4.78 is 21.1. The Balaban J connectivity index is 1.96. The fourth-order valence-electron chi connectivity index (χ4n) is 2.49. The summed E-state index contributed by atoms with van der Waals surface area (Å²) in [6.07, 6.45) is 5.38. The van der Waals surface area contributed by atoms with Crippen molar-refractivity contribution >= 4 is 11.6 Å². The summed E-state index contributed by atoms with van der Waals surface area (Å²) in [5.41, 5.74) is 1.92. The minimum absolute atomic E-state index is 0.0718. The molecule has 19 heavy (non-hydrogen) atoms. The molecule has 1 aromatic heterocycles. The van der Waals surface area contributed by atoms with Crippen molar-refractivity contribution in [2.75, 3.05) is 6.61 Å². The van der Waals surface area contributed by atoms with Crippen molar-refractivity contribution in [3.8, 4) is 11.3 Å². The van der Waals surface area contributed by atoms with Gasteiger partial charge < -0.3 is 9.30 Å². The molecule has 0 saturated carbocycles. The molecule has 1 unspecified atom stereocenters. The van der Waals surface area contributed by atoms with Crippen LogP contribution in [0.2, 0.25) is 5.02 Å². The second-order valence-corrected chi connectivity index (χ2v) is 5.16. The lowest BCUT2D eigenvalue weighted by atomic mass is 10.1. The Kier molecular flexibility index (Phi) is 3.58. The van der Waals surface area contributed by atoms with E-state index in [0.717, 1.165) is 30.7 Å². The SMILES string of the molecule is Fc1ccc(-c2cccn2C2CCCCO2)cc1Cl. The van der Waals surface area contributed by atoms with E-state index < -0.39 is 5.82 Å². The summed E-state index contributed by atoms with van der Waals surface area (Å²) in [4.78, 5) is 0. The molecule has 1 atom stereocenters. The molecule has 0 N–H and O–H groups in total. The third-order valence-electron chi connectivity index (χ3n) is 3.46. The Morgan fingerprint density at radius 3 is 2.89 bits per heavy atom. The van der Waals surface area contributed by atoms with Crippen LogP contribution in [0.15, 0.2) is 36.5 Å². The van der Waals surface area contributed by atoms with Gasteiger partial charge in [-0.15, -0.1) is 0 Å². The Bertz CT molecular complexity index is 575. The molecule has 100 valence electrons. The van der Waals surface area contributed by atoms with Crippen molar-refractivity contribution in [3.05, 3.63) is 47.4 Å². The average Bonchev–Trinajstić information content (AvgIpc) is 2.92. The molecule has 0 amide bonds. The zero-order valence-corrected chi connectivity index (χ0v) is 11.2. The zero-order chi connectivity index (χ0) is 13.2. The Morgan fingerprint density at radius 2 is 2.16 bits per heavy atom. The predicted molar refractivity (Wildman–Crippen MR) is 73.7 cm³/mol. The van der Waals surface area contributed by atoms with E-state index in [4.69, 9.17) is 16.3 Å². The van der Waals surface area contributed by atoms with Crippen LogP contribution in [0.1, 0.15) is 25.5 Å². The van der Waals surface area contributed by atoms with E-state index in [1.165, 1.54) is 12.5 Å². The minimum Gasteiger partial charge on any atom is -0.358 e. The summed E-state index contributed by atoms with van der Waals surface area (Å²) in [7, 11) is 0. The van der Waals surface area contributed by atoms with Crippen molar-refractivity contribution in [1.29, 1.82) is 0 Å². The Morgan fingerprint density at radius 1 is 1.26 bits per heavy atom. The number of hydrogen-bond donors (Lipinski definition) is 0. The second kappa shape index (κ2) is 5.35. The molecule has 1 aromatic carbocycles. The smallest absolute Gasteiger partial charge is 0.141 e. The maximum atomic E-state index is 13.2. The molecular formula is C15H15ClFNO. The average molecular weight is 280 g/mol. The third kappa shape index (κ3) is 2.53. The molecule has 3 rings (SSSR count). The van der Waals surface area contributed by atoms with Gasteiger partial charge in [0.25, 0.3) is 0 Å². The normalized spacial score (nSPS) is 19.6. The highest BCUT2D eigenvalue weighted by Gasteiger charge is 2.18. The van der Waals surface area contributed by atoms with Crippen molar-refractivity contribution in [1.82, 2.24) is 4.57 Å². The highest BCUT2D eigenvalue weighted by molar-refractivity contribution is 6.31. The highest BCUT2D eigenvalue weighted by Crippen LogP contribution is 2.31. The standard InChI is InChI=1S/C15H15ClFNO/c16-12-10-11(6-7-13(12)17)14-4-3-8-18(14)15-5-1-2-9-19-15/h3-4,6-8,10,15H,1-2,5,9H2. The van der Waals surface area contributed by atoms with Gasteiger partial charge in [-0.05, 0) is 55.2 Å². The summed E-state index contributed by atoms with van der Waals surface area (Å²) >= 11 is 5.85. The molecule has 1 aliphatic rings. The van der Waals surface area contributed by atoms with E-state index in [1.807, 2.05) is 18.3 Å². The van der Waals surface area contributed by atoms with Gasteiger partial charge in [0.15, 0.2) is 0 Å². The first-order valence-corrected chi connectivity index (χ1v) is 6.87. The van der Waals surface area contributed by atoms with E-state index in [0.29, 0.717) is 0 Å². The molecule has 2 aromatic rings. The number of benzene rings is 1. The van der Waals surface area contributed by atoms with Crippen LogP contribution < -0.4 is 0 Å². The van der Waals surface area contributed by atoms with Gasteiger partial charge >= 0.3 is 0 Å². The number of aromatic nitrogens is 1. The van der Waals surface area contributed by atoms with Gasteiger partial charge in [-0.1, -0.05) is 11.6 Å². The minimum atomic E-state index is -0.391. The predicted octanol–water partition coefficient (Wildman–Crippen LogP) is 4.65. The van der Waals surface area contributed by atoms with Crippen molar-refractivity contribution in [2.45, 2.75) is 25.5 Å². The van der Waals surface area contributed by atoms with Crippen molar-refractivity contribution in [2.24, 2.45) is 0 Å². The molecule has 0 radical (unpaired) electrons. The lowest BCUT2D eigenvalue weighted by Crippen LogP contribution is -2.18. The number of halogens is 2. The molecule has 0 aliphatic carbocycles. The van der Waals surface area contributed by atoms with E-state index in [9.17, 15) is 4.39 Å². The Labute approximate surface area is 116 Å². The van der Waals surface area contributed by atoms with Crippen LogP contribution in [0.4, 0.5) is 4.39 Å². The van der Waals surface area contributed by atoms with E-state index in [2.05, 4.69) is 4.57 Å². The van der Waals surface area contributed by atoms with Crippen LogP contribution in [-0.2, 0) is 4.74 Å². The highest BCUT2D eigenvalue weighted by atomic mass is 35.5. The fourth-order valence-corrected chi connectivity index (χ4v) is 2.67. The monoisotopic (exact) mass is 279 g/mol. The van der Waals surface area contributed by atoms with Gasteiger partial charge in [-0.25, -0.2) is 4.39 Å². The number of ether oxygens (including phenoxy) is 1. The summed E-state index contributed by atoms with van der Waals surface area (Å²) in [6.45, 7) is 0.798. The van der Waals surface area contributed by atoms with Gasteiger partial charge in [0.05, 0.1) is 10.7 Å². The molecule has 1 saturated heterocycles. The molecule has 2 nitrogen and oxygen atoms in total. The topological polar surface area (TPSA) is 14.2 Å². The maximum absolute atomic E-state index is 13.2. The lowest BCUT2D eigenvalue weighted by Gasteiger charge is -2.26.